The van der Waals surface area contributed by atoms with Crippen molar-refractivity contribution in [1.82, 2.24) is 15.0 Å². The molecule has 20 heavy (non-hydrogen) atoms. The normalized spacial score (nSPS) is 10.8. The zero-order valence-electron chi connectivity index (χ0n) is 10.9. The van der Waals surface area contributed by atoms with E-state index in [4.69, 9.17) is 33.7 Å². The van der Waals surface area contributed by atoms with Crippen molar-refractivity contribution < 1.29 is 4.74 Å². The van der Waals surface area contributed by atoms with Gasteiger partial charge in [-0.2, -0.15) is 0 Å². The molecule has 2 aromatic rings. The Morgan fingerprint density at radius 2 is 2.15 bits per heavy atom. The van der Waals surface area contributed by atoms with E-state index < -0.39 is 0 Å². The number of rotatable bonds is 7. The van der Waals surface area contributed by atoms with Crippen molar-refractivity contribution in [2.75, 3.05) is 13.2 Å². The van der Waals surface area contributed by atoms with Crippen LogP contribution >= 0.6 is 23.2 Å². The number of nitrogens with two attached hydrogens (primary N) is 1. The molecule has 1 aromatic carbocycles. The monoisotopic (exact) mass is 314 g/mol. The van der Waals surface area contributed by atoms with E-state index in [2.05, 4.69) is 10.3 Å². The Balaban J connectivity index is 1.82. The highest BCUT2D eigenvalue weighted by atomic mass is 35.5. The number of benzene rings is 1. The molecular weight excluding hydrogens is 299 g/mol. The molecule has 1 heterocycles. The molecule has 0 aliphatic heterocycles. The lowest BCUT2D eigenvalue weighted by Gasteiger charge is -2.07. The molecule has 0 radical (unpaired) electrons. The number of ether oxygens (including phenoxy) is 1. The fourth-order valence-corrected chi connectivity index (χ4v) is 2.15. The van der Waals surface area contributed by atoms with E-state index in [1.807, 2.05) is 6.20 Å². The molecule has 0 aliphatic rings. The summed E-state index contributed by atoms with van der Waals surface area (Å²) in [6, 6.07) is 5.14. The van der Waals surface area contributed by atoms with Gasteiger partial charge in [-0.1, -0.05) is 28.4 Å². The second-order valence-corrected chi connectivity index (χ2v) is 5.13. The van der Waals surface area contributed by atoms with Crippen LogP contribution in [0.3, 0.4) is 0 Å². The number of hydrogen-bond donors (Lipinski definition) is 1. The molecule has 0 fully saturated rings. The highest BCUT2D eigenvalue weighted by molar-refractivity contribution is 6.35. The highest BCUT2D eigenvalue weighted by Crippen LogP contribution is 2.27. The summed E-state index contributed by atoms with van der Waals surface area (Å²) < 4.78 is 7.33. The fourth-order valence-electron chi connectivity index (χ4n) is 1.69. The van der Waals surface area contributed by atoms with Gasteiger partial charge in [0.05, 0.1) is 17.3 Å². The van der Waals surface area contributed by atoms with E-state index in [-0.39, 0.29) is 0 Å². The van der Waals surface area contributed by atoms with Gasteiger partial charge in [0.25, 0.3) is 0 Å². The number of halogens is 2. The predicted octanol–water partition coefficient (Wildman–Crippen LogP) is 2.56. The Hall–Kier alpha value is -1.30. The summed E-state index contributed by atoms with van der Waals surface area (Å²) in [5.74, 6) is 0.611. The Morgan fingerprint density at radius 3 is 2.90 bits per heavy atom. The van der Waals surface area contributed by atoms with Crippen molar-refractivity contribution in [2.45, 2.75) is 19.4 Å². The summed E-state index contributed by atoms with van der Waals surface area (Å²) >= 11 is 11.8. The zero-order chi connectivity index (χ0) is 14.4. The van der Waals surface area contributed by atoms with Gasteiger partial charge in [0.1, 0.15) is 12.4 Å². The Labute approximate surface area is 127 Å². The van der Waals surface area contributed by atoms with Gasteiger partial charge in [0.15, 0.2) is 0 Å². The summed E-state index contributed by atoms with van der Waals surface area (Å²) in [5.41, 5.74) is 6.40. The minimum atomic E-state index is 0.459. The molecule has 7 heteroatoms. The second kappa shape index (κ2) is 7.47. The van der Waals surface area contributed by atoms with Gasteiger partial charge in [0.2, 0.25) is 0 Å². The third-order valence-corrected chi connectivity index (χ3v) is 3.23. The summed E-state index contributed by atoms with van der Waals surface area (Å²) in [4.78, 5) is 0. The number of nitrogens with zero attached hydrogens (tertiary/aromatic N) is 3. The summed E-state index contributed by atoms with van der Waals surface area (Å²) in [5, 5.41) is 9.18. The first kappa shape index (κ1) is 15.1. The third-order valence-electron chi connectivity index (χ3n) is 2.70. The lowest BCUT2D eigenvalue weighted by Crippen LogP contribution is -2.09. The van der Waals surface area contributed by atoms with Crippen molar-refractivity contribution in [3.05, 3.63) is 40.1 Å². The van der Waals surface area contributed by atoms with Crippen molar-refractivity contribution in [1.29, 1.82) is 0 Å². The topological polar surface area (TPSA) is 66.0 Å². The van der Waals surface area contributed by atoms with E-state index in [1.165, 1.54) is 0 Å². The Bertz CT molecular complexity index is 559. The number of hydrogen-bond acceptors (Lipinski definition) is 4. The zero-order valence-corrected chi connectivity index (χ0v) is 12.4. The third kappa shape index (κ3) is 4.37. The van der Waals surface area contributed by atoms with Gasteiger partial charge in [-0.3, -0.25) is 0 Å². The van der Waals surface area contributed by atoms with E-state index in [0.29, 0.717) is 35.5 Å². The van der Waals surface area contributed by atoms with Crippen molar-refractivity contribution in [3.8, 4) is 5.75 Å². The summed E-state index contributed by atoms with van der Waals surface area (Å²) in [7, 11) is 0. The van der Waals surface area contributed by atoms with Gasteiger partial charge in [-0.15, -0.1) is 5.10 Å². The minimum absolute atomic E-state index is 0.459. The van der Waals surface area contributed by atoms with Gasteiger partial charge in [-0.05, 0) is 37.6 Å². The highest BCUT2D eigenvalue weighted by Gasteiger charge is 2.04. The fraction of sp³-hybridized carbons (Fsp3) is 0.385. The van der Waals surface area contributed by atoms with Crippen LogP contribution in [0.5, 0.6) is 5.75 Å². The molecule has 1 aromatic heterocycles. The van der Waals surface area contributed by atoms with Crippen molar-refractivity contribution >= 4 is 23.2 Å². The van der Waals surface area contributed by atoms with Crippen LogP contribution in [0.2, 0.25) is 10.0 Å². The second-order valence-electron chi connectivity index (χ2n) is 4.29. The maximum atomic E-state index is 6.02. The molecule has 2 N–H and O–H groups in total. The van der Waals surface area contributed by atoms with Gasteiger partial charge in [-0.25, -0.2) is 4.68 Å². The van der Waals surface area contributed by atoms with E-state index in [9.17, 15) is 0 Å². The first-order valence-corrected chi connectivity index (χ1v) is 7.11. The molecule has 0 aliphatic carbocycles. The number of aryl methyl sites for hydroxylation is 1. The van der Waals surface area contributed by atoms with Crippen LogP contribution in [0.15, 0.2) is 24.4 Å². The molecule has 0 amide bonds. The van der Waals surface area contributed by atoms with Crippen LogP contribution in [0, 0.1) is 0 Å². The predicted molar refractivity (Wildman–Crippen MR) is 79.4 cm³/mol. The Kier molecular flexibility index (Phi) is 5.64. The standard InChI is InChI=1S/C13H16Cl2N4O/c14-10-3-4-13(12(15)8-10)20-7-6-19-9-11(17-18-19)2-1-5-16/h3-4,8-9H,1-2,5-7,16H2. The summed E-state index contributed by atoms with van der Waals surface area (Å²) in [6.45, 7) is 1.72. The van der Waals surface area contributed by atoms with E-state index >= 15 is 0 Å². The lowest BCUT2D eigenvalue weighted by molar-refractivity contribution is 0.290. The SMILES string of the molecule is NCCCc1cn(CCOc2ccc(Cl)cc2Cl)nn1. The molecule has 5 nitrogen and oxygen atoms in total. The van der Waals surface area contributed by atoms with Gasteiger partial charge < -0.3 is 10.5 Å². The minimum Gasteiger partial charge on any atom is -0.490 e. The van der Waals surface area contributed by atoms with Crippen LogP contribution in [0.25, 0.3) is 0 Å². The number of aromatic nitrogens is 3. The van der Waals surface area contributed by atoms with E-state index in [1.54, 1.807) is 22.9 Å². The van der Waals surface area contributed by atoms with Crippen LogP contribution < -0.4 is 10.5 Å². The molecule has 0 spiro atoms. The maximum Gasteiger partial charge on any atom is 0.138 e. The van der Waals surface area contributed by atoms with Crippen LogP contribution in [0.1, 0.15) is 12.1 Å². The molecule has 0 saturated carbocycles. The maximum absolute atomic E-state index is 6.02. The quantitative estimate of drug-likeness (QED) is 0.853. The molecular formula is C13H16Cl2N4O. The lowest BCUT2D eigenvalue weighted by atomic mass is 10.2. The van der Waals surface area contributed by atoms with Crippen molar-refractivity contribution in [3.63, 3.8) is 0 Å². The van der Waals surface area contributed by atoms with Crippen LogP contribution in [0.4, 0.5) is 0 Å². The summed E-state index contributed by atoms with van der Waals surface area (Å²) in [6.07, 6.45) is 3.67. The molecule has 2 rings (SSSR count). The Morgan fingerprint density at radius 1 is 1.30 bits per heavy atom. The first-order chi connectivity index (χ1) is 9.69. The van der Waals surface area contributed by atoms with Gasteiger partial charge in [0, 0.05) is 11.2 Å². The van der Waals surface area contributed by atoms with Crippen LogP contribution in [-0.2, 0) is 13.0 Å². The van der Waals surface area contributed by atoms with E-state index in [0.717, 1.165) is 18.5 Å². The average Bonchev–Trinajstić information content (AvgIpc) is 2.87. The smallest absolute Gasteiger partial charge is 0.138 e. The molecule has 0 saturated heterocycles. The molecule has 0 atom stereocenters. The molecule has 108 valence electrons. The molecule has 0 bridgehead atoms. The van der Waals surface area contributed by atoms with Crippen LogP contribution in [-0.4, -0.2) is 28.1 Å². The molecule has 0 unspecified atom stereocenters. The van der Waals surface area contributed by atoms with Crippen molar-refractivity contribution in [2.24, 2.45) is 5.73 Å². The largest absolute Gasteiger partial charge is 0.490 e. The average molecular weight is 315 g/mol. The van der Waals surface area contributed by atoms with Gasteiger partial charge >= 0.3 is 0 Å². The first-order valence-electron chi connectivity index (χ1n) is 6.36.